The fourth-order valence-electron chi connectivity index (χ4n) is 3.69. The van der Waals surface area contributed by atoms with E-state index in [-0.39, 0.29) is 11.8 Å². The number of halogens is 1. The van der Waals surface area contributed by atoms with Crippen LogP contribution in [0.1, 0.15) is 22.0 Å². The van der Waals surface area contributed by atoms with Gasteiger partial charge in [-0.05, 0) is 35.7 Å². The Hall–Kier alpha value is -2.01. The topological polar surface area (TPSA) is 32.7 Å². The van der Waals surface area contributed by atoms with E-state index < -0.39 is 0 Å². The number of ether oxygens (including phenoxy) is 1. The number of hydrogen-bond acceptors (Lipinski definition) is 4. The molecule has 0 aliphatic carbocycles. The molecule has 4 rings (SSSR count). The number of phenolic OH excluding ortho intramolecular Hbond substituents is 1. The molecule has 0 fully saturated rings. The van der Waals surface area contributed by atoms with Crippen molar-refractivity contribution in [1.29, 1.82) is 0 Å². The van der Waals surface area contributed by atoms with Crippen LogP contribution >= 0.6 is 22.9 Å². The summed E-state index contributed by atoms with van der Waals surface area (Å²) in [5, 5.41) is 12.0. The molecule has 134 valence electrons. The van der Waals surface area contributed by atoms with Crippen LogP contribution in [0.4, 0.5) is 0 Å². The smallest absolute Gasteiger partial charge is 0.160 e. The van der Waals surface area contributed by atoms with Crippen molar-refractivity contribution in [3.05, 3.63) is 70.1 Å². The molecule has 0 radical (unpaired) electrons. The number of nitrogens with zero attached hydrogens (tertiary/aromatic N) is 1. The normalized spacial score (nSPS) is 17.2. The number of aromatic hydroxyl groups is 1. The second-order valence-corrected chi connectivity index (χ2v) is 7.97. The van der Waals surface area contributed by atoms with Crippen molar-refractivity contribution in [3.63, 3.8) is 0 Å². The molecule has 1 atom stereocenters. The highest BCUT2D eigenvalue weighted by atomic mass is 35.5. The van der Waals surface area contributed by atoms with Crippen LogP contribution in [0.15, 0.2) is 49.1 Å². The number of hydrogen-bond donors (Lipinski definition) is 1. The highest BCUT2D eigenvalue weighted by molar-refractivity contribution is 7.19. The predicted octanol–water partition coefficient (Wildman–Crippen LogP) is 5.55. The first-order valence-corrected chi connectivity index (χ1v) is 9.74. The van der Waals surface area contributed by atoms with Gasteiger partial charge in [-0.2, -0.15) is 0 Å². The van der Waals surface area contributed by atoms with Crippen molar-refractivity contribution in [2.45, 2.75) is 19.0 Å². The molecule has 2 heterocycles. The molecule has 5 heteroatoms. The summed E-state index contributed by atoms with van der Waals surface area (Å²) >= 11 is 8.39. The first-order chi connectivity index (χ1) is 12.6. The first-order valence-electron chi connectivity index (χ1n) is 8.54. The van der Waals surface area contributed by atoms with Gasteiger partial charge >= 0.3 is 0 Å². The molecule has 1 unspecified atom stereocenters. The maximum absolute atomic E-state index is 10.1. The molecule has 0 amide bonds. The van der Waals surface area contributed by atoms with Crippen molar-refractivity contribution in [3.8, 4) is 11.5 Å². The van der Waals surface area contributed by atoms with Gasteiger partial charge in [0.15, 0.2) is 11.5 Å². The van der Waals surface area contributed by atoms with Crippen molar-refractivity contribution in [1.82, 2.24) is 4.90 Å². The molecule has 1 N–H and O–H groups in total. The van der Waals surface area contributed by atoms with Gasteiger partial charge in [-0.25, -0.2) is 0 Å². The van der Waals surface area contributed by atoms with Crippen molar-refractivity contribution >= 4 is 33.0 Å². The molecule has 0 spiro atoms. The summed E-state index contributed by atoms with van der Waals surface area (Å²) in [5.74, 6) is 0.687. The highest BCUT2D eigenvalue weighted by Gasteiger charge is 2.28. The van der Waals surface area contributed by atoms with Gasteiger partial charge in [-0.15, -0.1) is 17.9 Å². The molecule has 1 aromatic heterocycles. The minimum Gasteiger partial charge on any atom is -0.504 e. The quantitative estimate of drug-likeness (QED) is 0.597. The number of rotatable bonds is 4. The van der Waals surface area contributed by atoms with E-state index in [0.717, 1.165) is 41.0 Å². The summed E-state index contributed by atoms with van der Waals surface area (Å²) < 4.78 is 6.51. The average Bonchev–Trinajstić information content (AvgIpc) is 2.97. The van der Waals surface area contributed by atoms with E-state index in [1.165, 1.54) is 9.58 Å². The van der Waals surface area contributed by atoms with Crippen LogP contribution in [0.3, 0.4) is 0 Å². The molecule has 26 heavy (non-hydrogen) atoms. The zero-order valence-corrected chi connectivity index (χ0v) is 16.1. The second kappa shape index (κ2) is 6.95. The number of phenols is 1. The summed E-state index contributed by atoms with van der Waals surface area (Å²) in [4.78, 5) is 3.55. The van der Waals surface area contributed by atoms with Gasteiger partial charge < -0.3 is 9.84 Å². The zero-order chi connectivity index (χ0) is 18.3. The van der Waals surface area contributed by atoms with E-state index in [1.807, 2.05) is 30.3 Å². The third-order valence-corrected chi connectivity index (χ3v) is 6.69. The lowest BCUT2D eigenvalue weighted by molar-refractivity contribution is 0.211. The zero-order valence-electron chi connectivity index (χ0n) is 14.5. The average molecular weight is 386 g/mol. The molecule has 3 aromatic rings. The number of benzene rings is 2. The van der Waals surface area contributed by atoms with Crippen molar-refractivity contribution in [2.75, 3.05) is 13.7 Å². The van der Waals surface area contributed by atoms with Gasteiger partial charge in [0.2, 0.25) is 0 Å². The Kier molecular flexibility index (Phi) is 4.65. The molecular weight excluding hydrogens is 366 g/mol. The number of fused-ring (bicyclic) bond motifs is 2. The van der Waals surface area contributed by atoms with Gasteiger partial charge in [0.25, 0.3) is 0 Å². The van der Waals surface area contributed by atoms with Gasteiger partial charge in [0.1, 0.15) is 0 Å². The highest BCUT2D eigenvalue weighted by Crippen LogP contribution is 2.41. The number of thiophene rings is 1. The van der Waals surface area contributed by atoms with E-state index in [1.54, 1.807) is 18.4 Å². The molecule has 2 aromatic carbocycles. The van der Waals surface area contributed by atoms with E-state index in [4.69, 9.17) is 16.3 Å². The summed E-state index contributed by atoms with van der Waals surface area (Å²) in [6.45, 7) is 5.71. The Morgan fingerprint density at radius 1 is 1.38 bits per heavy atom. The lowest BCUT2D eigenvalue weighted by atomic mass is 9.91. The Bertz CT molecular complexity index is 982. The SMILES string of the molecule is C=CC1c2cc(OC)c(O)cc2CCN1Cc1sc2ccccc2c1Cl. The van der Waals surface area contributed by atoms with Crippen molar-refractivity contribution < 1.29 is 9.84 Å². The predicted molar refractivity (Wildman–Crippen MR) is 109 cm³/mol. The van der Waals surface area contributed by atoms with Crippen LogP contribution in [0.2, 0.25) is 5.02 Å². The van der Waals surface area contributed by atoms with Crippen LogP contribution in [0.25, 0.3) is 10.1 Å². The van der Waals surface area contributed by atoms with Crippen LogP contribution in [-0.4, -0.2) is 23.7 Å². The lowest BCUT2D eigenvalue weighted by Gasteiger charge is -2.35. The second-order valence-electron chi connectivity index (χ2n) is 6.46. The Morgan fingerprint density at radius 3 is 2.92 bits per heavy atom. The van der Waals surface area contributed by atoms with Crippen LogP contribution in [0.5, 0.6) is 11.5 Å². The largest absolute Gasteiger partial charge is 0.504 e. The van der Waals surface area contributed by atoms with E-state index in [9.17, 15) is 5.11 Å². The van der Waals surface area contributed by atoms with Gasteiger partial charge in [0.05, 0.1) is 18.2 Å². The van der Waals surface area contributed by atoms with E-state index in [2.05, 4.69) is 23.6 Å². The maximum Gasteiger partial charge on any atom is 0.160 e. The summed E-state index contributed by atoms with van der Waals surface area (Å²) in [6.07, 6.45) is 2.83. The third kappa shape index (κ3) is 2.88. The first kappa shape index (κ1) is 17.4. The molecule has 3 nitrogen and oxygen atoms in total. The van der Waals surface area contributed by atoms with E-state index in [0.29, 0.717) is 5.75 Å². The fourth-order valence-corrected chi connectivity index (χ4v) is 5.21. The van der Waals surface area contributed by atoms with Gasteiger partial charge in [-0.1, -0.05) is 35.9 Å². The Morgan fingerprint density at radius 2 is 2.19 bits per heavy atom. The molecule has 1 aliphatic heterocycles. The third-order valence-electron chi connectivity index (χ3n) is 4.99. The van der Waals surface area contributed by atoms with Gasteiger partial charge in [-0.3, -0.25) is 4.90 Å². The standard InChI is InChI=1S/C21H20ClNO2S/c1-3-16-15-11-18(25-2)17(24)10-13(15)8-9-23(16)12-20-21(22)14-6-4-5-7-19(14)26-20/h3-7,10-11,16,24H,1,8-9,12H2,2H3. The summed E-state index contributed by atoms with van der Waals surface area (Å²) in [6, 6.07) is 12.1. The van der Waals surface area contributed by atoms with Crippen LogP contribution in [0, 0.1) is 0 Å². The summed E-state index contributed by atoms with van der Waals surface area (Å²) in [5.41, 5.74) is 2.28. The Balaban J connectivity index is 1.69. The fraction of sp³-hybridized carbons (Fsp3) is 0.238. The van der Waals surface area contributed by atoms with E-state index >= 15 is 0 Å². The maximum atomic E-state index is 10.1. The molecule has 0 saturated carbocycles. The van der Waals surface area contributed by atoms with Crippen LogP contribution in [-0.2, 0) is 13.0 Å². The Labute approximate surface area is 162 Å². The minimum absolute atomic E-state index is 0.0644. The molecule has 0 saturated heterocycles. The lowest BCUT2D eigenvalue weighted by Crippen LogP contribution is -2.33. The number of methoxy groups -OCH3 is 1. The molecule has 1 aliphatic rings. The van der Waals surface area contributed by atoms with Crippen molar-refractivity contribution in [2.24, 2.45) is 0 Å². The monoisotopic (exact) mass is 385 g/mol. The summed E-state index contributed by atoms with van der Waals surface area (Å²) in [7, 11) is 1.57. The molecule has 0 bridgehead atoms. The van der Waals surface area contributed by atoms with Gasteiger partial charge in [0, 0.05) is 28.1 Å². The molecular formula is C21H20ClNO2S. The minimum atomic E-state index is 0.0644. The van der Waals surface area contributed by atoms with Crippen LogP contribution < -0.4 is 4.74 Å².